The Morgan fingerprint density at radius 2 is 1.67 bits per heavy atom. The van der Waals surface area contributed by atoms with Crippen LogP contribution in [0.1, 0.15) is 36.0 Å². The minimum absolute atomic E-state index is 0.0364. The Hall–Kier alpha value is -2.34. The molecule has 2 aromatic rings. The SMILES string of the molecule is O=C(c1c(F)cc(-c2ccncc2)cc1F)N1CCC[C@H]1CN1CCCC1. The van der Waals surface area contributed by atoms with Gasteiger partial charge in [0.05, 0.1) is 0 Å². The number of carbonyl (C=O) groups excluding carboxylic acids is 1. The maximum atomic E-state index is 14.7. The Balaban J connectivity index is 1.57. The maximum Gasteiger partial charge on any atom is 0.260 e. The first-order valence-corrected chi connectivity index (χ1v) is 9.56. The first-order valence-electron chi connectivity index (χ1n) is 9.56. The fraction of sp³-hybridized carbons (Fsp3) is 0.429. The van der Waals surface area contributed by atoms with Gasteiger partial charge in [-0.15, -0.1) is 0 Å². The molecule has 2 saturated heterocycles. The van der Waals surface area contributed by atoms with Gasteiger partial charge in [0.2, 0.25) is 0 Å². The van der Waals surface area contributed by atoms with Gasteiger partial charge in [-0.25, -0.2) is 8.78 Å². The molecule has 0 radical (unpaired) electrons. The topological polar surface area (TPSA) is 36.4 Å². The fourth-order valence-corrected chi connectivity index (χ4v) is 4.19. The molecule has 0 aliphatic carbocycles. The van der Waals surface area contributed by atoms with Crippen LogP contribution in [-0.2, 0) is 0 Å². The lowest BCUT2D eigenvalue weighted by Crippen LogP contribution is -2.43. The molecule has 27 heavy (non-hydrogen) atoms. The fourth-order valence-electron chi connectivity index (χ4n) is 4.19. The molecular formula is C21H23F2N3O. The second-order valence-electron chi connectivity index (χ2n) is 7.35. The van der Waals surface area contributed by atoms with Gasteiger partial charge in [-0.05, 0) is 74.2 Å². The van der Waals surface area contributed by atoms with E-state index in [1.165, 1.54) is 25.0 Å². The second kappa shape index (κ2) is 7.72. The molecule has 0 bridgehead atoms. The molecule has 142 valence electrons. The average Bonchev–Trinajstić information content (AvgIpc) is 3.34. The van der Waals surface area contributed by atoms with Gasteiger partial charge in [0.15, 0.2) is 0 Å². The van der Waals surface area contributed by atoms with E-state index in [2.05, 4.69) is 9.88 Å². The number of hydrogen-bond donors (Lipinski definition) is 0. The van der Waals surface area contributed by atoms with Crippen molar-refractivity contribution in [3.8, 4) is 11.1 Å². The van der Waals surface area contributed by atoms with Crippen molar-refractivity contribution in [3.63, 3.8) is 0 Å². The van der Waals surface area contributed by atoms with Crippen molar-refractivity contribution in [3.05, 3.63) is 53.9 Å². The number of aromatic nitrogens is 1. The van der Waals surface area contributed by atoms with Gasteiger partial charge in [-0.3, -0.25) is 9.78 Å². The van der Waals surface area contributed by atoms with Gasteiger partial charge in [0.1, 0.15) is 17.2 Å². The smallest absolute Gasteiger partial charge is 0.260 e. The molecule has 1 atom stereocenters. The summed E-state index contributed by atoms with van der Waals surface area (Å²) < 4.78 is 29.4. The highest BCUT2D eigenvalue weighted by atomic mass is 19.1. The molecule has 2 aliphatic heterocycles. The summed E-state index contributed by atoms with van der Waals surface area (Å²) in [6.07, 6.45) is 7.26. The van der Waals surface area contributed by atoms with Gasteiger partial charge >= 0.3 is 0 Å². The van der Waals surface area contributed by atoms with Gasteiger partial charge in [-0.1, -0.05) is 0 Å². The number of amides is 1. The number of pyridine rings is 1. The van der Waals surface area contributed by atoms with E-state index >= 15 is 0 Å². The molecule has 2 aliphatic rings. The van der Waals surface area contributed by atoms with Crippen LogP contribution in [0.5, 0.6) is 0 Å². The van der Waals surface area contributed by atoms with E-state index in [1.807, 2.05) is 0 Å². The number of carbonyl (C=O) groups is 1. The van der Waals surface area contributed by atoms with Crippen LogP contribution in [0.2, 0.25) is 0 Å². The first-order chi connectivity index (χ1) is 13.1. The van der Waals surface area contributed by atoms with E-state index in [-0.39, 0.29) is 6.04 Å². The molecule has 0 spiro atoms. The lowest BCUT2D eigenvalue weighted by atomic mass is 10.0. The minimum atomic E-state index is -0.807. The number of halogens is 2. The summed E-state index contributed by atoms with van der Waals surface area (Å²) in [7, 11) is 0. The zero-order chi connectivity index (χ0) is 18.8. The van der Waals surface area contributed by atoms with Crippen molar-refractivity contribution < 1.29 is 13.6 Å². The average molecular weight is 371 g/mol. The highest BCUT2D eigenvalue weighted by Crippen LogP contribution is 2.28. The zero-order valence-electron chi connectivity index (χ0n) is 15.2. The van der Waals surface area contributed by atoms with Crippen LogP contribution in [0.3, 0.4) is 0 Å². The number of benzene rings is 1. The molecular weight excluding hydrogens is 348 g/mol. The number of likely N-dealkylation sites (tertiary alicyclic amines) is 2. The number of rotatable bonds is 4. The summed E-state index contributed by atoms with van der Waals surface area (Å²) in [4.78, 5) is 20.9. The summed E-state index contributed by atoms with van der Waals surface area (Å²) in [5, 5.41) is 0. The Kier molecular flexibility index (Phi) is 5.16. The Bertz CT molecular complexity index is 798. The normalized spacial score (nSPS) is 20.4. The van der Waals surface area contributed by atoms with Crippen LogP contribution >= 0.6 is 0 Å². The molecule has 2 fully saturated rings. The summed E-state index contributed by atoms with van der Waals surface area (Å²) in [6, 6.07) is 5.87. The molecule has 1 amide bonds. The minimum Gasteiger partial charge on any atom is -0.334 e. The van der Waals surface area contributed by atoms with Crippen LogP contribution < -0.4 is 0 Å². The van der Waals surface area contributed by atoms with Crippen molar-refractivity contribution in [2.75, 3.05) is 26.2 Å². The monoisotopic (exact) mass is 371 g/mol. The standard InChI is InChI=1S/C21H23F2N3O/c22-18-12-16(15-5-7-24-8-6-15)13-19(23)20(18)21(27)26-11-3-4-17(26)14-25-9-1-2-10-25/h5-8,12-13,17H,1-4,9-11,14H2/t17-/m0/s1. The Morgan fingerprint density at radius 3 is 2.33 bits per heavy atom. The lowest BCUT2D eigenvalue weighted by Gasteiger charge is -2.29. The van der Waals surface area contributed by atoms with Crippen LogP contribution in [-0.4, -0.2) is 52.9 Å². The largest absolute Gasteiger partial charge is 0.334 e. The van der Waals surface area contributed by atoms with Crippen molar-refractivity contribution >= 4 is 5.91 Å². The summed E-state index contributed by atoms with van der Waals surface area (Å²) in [6.45, 7) is 3.44. The highest BCUT2D eigenvalue weighted by molar-refractivity contribution is 5.95. The molecule has 4 rings (SSSR count). The third-order valence-corrected chi connectivity index (χ3v) is 5.58. The van der Waals surface area contributed by atoms with Crippen LogP contribution in [0.25, 0.3) is 11.1 Å². The highest BCUT2D eigenvalue weighted by Gasteiger charge is 2.34. The number of hydrogen-bond acceptors (Lipinski definition) is 3. The van der Waals surface area contributed by atoms with Gasteiger partial charge in [-0.2, -0.15) is 0 Å². The second-order valence-corrected chi connectivity index (χ2v) is 7.35. The van der Waals surface area contributed by atoms with Crippen molar-refractivity contribution in [1.82, 2.24) is 14.8 Å². The molecule has 0 N–H and O–H groups in total. The third-order valence-electron chi connectivity index (χ3n) is 5.58. The summed E-state index contributed by atoms with van der Waals surface area (Å²) in [5.41, 5.74) is 0.620. The van der Waals surface area contributed by atoms with Crippen LogP contribution in [0.4, 0.5) is 8.78 Å². The van der Waals surface area contributed by atoms with Crippen LogP contribution in [0, 0.1) is 11.6 Å². The lowest BCUT2D eigenvalue weighted by molar-refractivity contribution is 0.0699. The van der Waals surface area contributed by atoms with Crippen molar-refractivity contribution in [2.24, 2.45) is 0 Å². The van der Waals surface area contributed by atoms with E-state index in [0.717, 1.165) is 32.5 Å². The Labute approximate surface area is 157 Å². The third kappa shape index (κ3) is 3.72. The predicted molar refractivity (Wildman–Crippen MR) is 99.3 cm³/mol. The molecule has 1 aromatic heterocycles. The predicted octanol–water partition coefficient (Wildman–Crippen LogP) is 3.73. The van der Waals surface area contributed by atoms with E-state index in [1.54, 1.807) is 29.4 Å². The molecule has 1 aromatic carbocycles. The first kappa shape index (κ1) is 18.0. The molecule has 0 saturated carbocycles. The zero-order valence-corrected chi connectivity index (χ0v) is 15.2. The number of nitrogens with zero attached hydrogens (tertiary/aromatic N) is 3. The van der Waals surface area contributed by atoms with Gasteiger partial charge in [0, 0.05) is 31.5 Å². The molecule has 4 nitrogen and oxygen atoms in total. The van der Waals surface area contributed by atoms with E-state index < -0.39 is 23.1 Å². The van der Waals surface area contributed by atoms with E-state index in [0.29, 0.717) is 17.7 Å². The van der Waals surface area contributed by atoms with Crippen molar-refractivity contribution in [1.29, 1.82) is 0 Å². The molecule has 0 unspecified atom stereocenters. The van der Waals surface area contributed by atoms with Crippen LogP contribution in [0.15, 0.2) is 36.7 Å². The summed E-state index contributed by atoms with van der Waals surface area (Å²) in [5.74, 6) is -2.15. The van der Waals surface area contributed by atoms with E-state index in [4.69, 9.17) is 0 Å². The quantitative estimate of drug-likeness (QED) is 0.822. The maximum absolute atomic E-state index is 14.7. The van der Waals surface area contributed by atoms with Crippen molar-refractivity contribution in [2.45, 2.75) is 31.7 Å². The Morgan fingerprint density at radius 1 is 1.00 bits per heavy atom. The van der Waals surface area contributed by atoms with E-state index in [9.17, 15) is 13.6 Å². The molecule has 3 heterocycles. The van der Waals surface area contributed by atoms with Gasteiger partial charge in [0.25, 0.3) is 5.91 Å². The van der Waals surface area contributed by atoms with Gasteiger partial charge < -0.3 is 9.80 Å². The molecule has 6 heteroatoms. The summed E-state index contributed by atoms with van der Waals surface area (Å²) >= 11 is 0.